The molecule has 0 bridgehead atoms. The van der Waals surface area contributed by atoms with Crippen LogP contribution in [0.15, 0.2) is 53.8 Å². The number of rotatable bonds is 7. The fourth-order valence-electron chi connectivity index (χ4n) is 5.25. The molecule has 0 atom stereocenters. The van der Waals surface area contributed by atoms with Gasteiger partial charge in [-0.25, -0.2) is 4.79 Å². The fraction of sp³-hybridized carbons (Fsp3) is 0.481. The lowest BCUT2D eigenvalue weighted by Crippen LogP contribution is -2.50. The summed E-state index contributed by atoms with van der Waals surface area (Å²) in [6, 6.07) is 11.7. The lowest BCUT2D eigenvalue weighted by atomic mass is 9.93. The Morgan fingerprint density at radius 1 is 1.15 bits per heavy atom. The Hall–Kier alpha value is -3.22. The third-order valence-corrected chi connectivity index (χ3v) is 7.35. The van der Waals surface area contributed by atoms with Gasteiger partial charge in [-0.3, -0.25) is 19.7 Å². The van der Waals surface area contributed by atoms with Crippen molar-refractivity contribution in [2.24, 2.45) is 4.99 Å². The molecule has 3 amide bonds. The highest BCUT2D eigenvalue weighted by molar-refractivity contribution is 6.08. The molecule has 7 nitrogen and oxygen atoms in total. The zero-order chi connectivity index (χ0) is 23.5. The van der Waals surface area contributed by atoms with Gasteiger partial charge in [0.2, 0.25) is 0 Å². The molecule has 178 valence electrons. The molecule has 0 unspecified atom stereocenters. The maximum Gasteiger partial charge on any atom is 0.321 e. The molecule has 1 N–H and O–H groups in total. The summed E-state index contributed by atoms with van der Waals surface area (Å²) in [6.07, 6.45) is 10.5. The van der Waals surface area contributed by atoms with Gasteiger partial charge < -0.3 is 10.2 Å². The number of pyridine rings is 1. The first-order valence-corrected chi connectivity index (χ1v) is 12.5. The van der Waals surface area contributed by atoms with E-state index in [2.05, 4.69) is 23.3 Å². The van der Waals surface area contributed by atoms with Crippen LogP contribution in [0.5, 0.6) is 0 Å². The van der Waals surface area contributed by atoms with Crippen molar-refractivity contribution in [1.82, 2.24) is 14.8 Å². The van der Waals surface area contributed by atoms with Gasteiger partial charge in [-0.1, -0.05) is 44.4 Å². The van der Waals surface area contributed by atoms with E-state index in [9.17, 15) is 9.59 Å². The molecule has 2 fully saturated rings. The number of carbonyl (C=O) groups is 2. The Bertz CT molecular complexity index is 1050. The zero-order valence-corrected chi connectivity index (χ0v) is 19.9. The van der Waals surface area contributed by atoms with Crippen LogP contribution in [0.2, 0.25) is 0 Å². The average molecular weight is 460 g/mol. The molecule has 2 aromatic rings. The van der Waals surface area contributed by atoms with Crippen LogP contribution in [0.3, 0.4) is 0 Å². The highest BCUT2D eigenvalue weighted by Crippen LogP contribution is 2.40. The minimum absolute atomic E-state index is 0.0835. The predicted molar refractivity (Wildman–Crippen MR) is 133 cm³/mol. The van der Waals surface area contributed by atoms with E-state index in [1.165, 1.54) is 5.56 Å². The topological polar surface area (TPSA) is 77.9 Å². The SMILES string of the molecule is CCCCC1=NC2(CCCC2)C(=O)N1Cc1ccc(NC(=O)N2CC(c3cccnc3)C2)cc1. The molecule has 3 aliphatic rings. The van der Waals surface area contributed by atoms with Crippen LogP contribution in [0, 0.1) is 0 Å². The number of amides is 3. The zero-order valence-electron chi connectivity index (χ0n) is 19.9. The number of carbonyl (C=O) groups excluding carboxylic acids is 2. The van der Waals surface area contributed by atoms with E-state index in [4.69, 9.17) is 4.99 Å². The maximum atomic E-state index is 13.3. The van der Waals surface area contributed by atoms with Crippen LogP contribution >= 0.6 is 0 Å². The molecule has 5 rings (SSSR count). The molecular weight excluding hydrogens is 426 g/mol. The smallest absolute Gasteiger partial charge is 0.321 e. The molecular formula is C27H33N5O2. The minimum Gasteiger partial charge on any atom is -0.323 e. The second-order valence-electron chi connectivity index (χ2n) is 9.78. The average Bonchev–Trinajstić information content (AvgIpc) is 3.39. The lowest BCUT2D eigenvalue weighted by molar-refractivity contribution is -0.131. The fourth-order valence-corrected chi connectivity index (χ4v) is 5.25. The van der Waals surface area contributed by atoms with E-state index in [0.717, 1.165) is 62.0 Å². The third-order valence-electron chi connectivity index (χ3n) is 7.35. The number of nitrogens with zero attached hydrogens (tertiary/aromatic N) is 4. The number of unbranched alkanes of at least 4 members (excludes halogenated alkanes) is 1. The summed E-state index contributed by atoms with van der Waals surface area (Å²) in [5, 5.41) is 2.99. The summed E-state index contributed by atoms with van der Waals surface area (Å²) in [6.45, 7) is 4.11. The van der Waals surface area contributed by atoms with Gasteiger partial charge in [0.15, 0.2) is 0 Å². The summed E-state index contributed by atoms with van der Waals surface area (Å²) in [5.41, 5.74) is 2.49. The van der Waals surface area contributed by atoms with Crippen molar-refractivity contribution < 1.29 is 9.59 Å². The third kappa shape index (κ3) is 4.43. The van der Waals surface area contributed by atoms with Crippen LogP contribution in [-0.4, -0.2) is 51.2 Å². The monoisotopic (exact) mass is 459 g/mol. The van der Waals surface area contributed by atoms with Crippen molar-refractivity contribution in [2.75, 3.05) is 18.4 Å². The molecule has 1 aliphatic carbocycles. The highest BCUT2D eigenvalue weighted by atomic mass is 16.2. The van der Waals surface area contributed by atoms with Gasteiger partial charge in [-0.2, -0.15) is 0 Å². The number of hydrogen-bond acceptors (Lipinski definition) is 4. The Morgan fingerprint density at radius 2 is 1.91 bits per heavy atom. The van der Waals surface area contributed by atoms with Crippen molar-refractivity contribution in [3.63, 3.8) is 0 Å². The molecule has 3 heterocycles. The van der Waals surface area contributed by atoms with Crippen LogP contribution in [0.1, 0.15) is 68.9 Å². The van der Waals surface area contributed by atoms with E-state index in [-0.39, 0.29) is 11.9 Å². The van der Waals surface area contributed by atoms with E-state index in [1.54, 1.807) is 6.20 Å². The first kappa shape index (κ1) is 22.6. The van der Waals surface area contributed by atoms with Gasteiger partial charge in [0.1, 0.15) is 11.4 Å². The van der Waals surface area contributed by atoms with Crippen LogP contribution in [-0.2, 0) is 11.3 Å². The quantitative estimate of drug-likeness (QED) is 0.636. The molecule has 1 aromatic heterocycles. The number of likely N-dealkylation sites (tertiary alicyclic amines) is 1. The molecule has 2 aliphatic heterocycles. The summed E-state index contributed by atoms with van der Waals surface area (Å²) in [4.78, 5) is 38.8. The summed E-state index contributed by atoms with van der Waals surface area (Å²) >= 11 is 0. The Labute approximate surface area is 201 Å². The molecule has 0 radical (unpaired) electrons. The van der Waals surface area contributed by atoms with Crippen LogP contribution in [0.25, 0.3) is 0 Å². The van der Waals surface area contributed by atoms with Crippen LogP contribution < -0.4 is 5.32 Å². The normalized spacial score (nSPS) is 19.4. The van der Waals surface area contributed by atoms with E-state index in [0.29, 0.717) is 25.6 Å². The van der Waals surface area contributed by atoms with E-state index in [1.807, 2.05) is 46.3 Å². The Balaban J connectivity index is 1.18. The number of hydrogen-bond donors (Lipinski definition) is 1. The number of amidine groups is 1. The molecule has 1 saturated carbocycles. The summed E-state index contributed by atoms with van der Waals surface area (Å²) in [7, 11) is 0. The number of aliphatic imine (C=N–C) groups is 1. The largest absolute Gasteiger partial charge is 0.323 e. The Kier molecular flexibility index (Phi) is 6.35. The first-order chi connectivity index (χ1) is 16.6. The Morgan fingerprint density at radius 3 is 2.59 bits per heavy atom. The van der Waals surface area contributed by atoms with Crippen LogP contribution in [0.4, 0.5) is 10.5 Å². The molecule has 7 heteroatoms. The summed E-state index contributed by atoms with van der Waals surface area (Å²) < 4.78 is 0. The number of nitrogens with one attached hydrogen (secondary N) is 1. The van der Waals surface area contributed by atoms with Gasteiger partial charge in [0.05, 0.1) is 6.54 Å². The standard InChI is InChI=1S/C27H33N5O2/c1-2-3-8-24-30-27(13-4-5-14-27)25(33)32(24)17-20-9-11-23(12-10-20)29-26(34)31-18-22(19-31)21-7-6-15-28-16-21/h6-7,9-12,15-16,22H,2-5,8,13-14,17-19H2,1H3,(H,29,34). The molecule has 1 spiro atoms. The maximum absolute atomic E-state index is 13.3. The number of aromatic nitrogens is 1. The highest BCUT2D eigenvalue weighted by Gasteiger charge is 2.49. The van der Waals surface area contributed by atoms with Gasteiger partial charge in [-0.15, -0.1) is 0 Å². The van der Waals surface area contributed by atoms with Crippen molar-refractivity contribution >= 4 is 23.5 Å². The van der Waals surface area contributed by atoms with Gasteiger partial charge in [0, 0.05) is 43.5 Å². The molecule has 34 heavy (non-hydrogen) atoms. The number of urea groups is 1. The van der Waals surface area contributed by atoms with Crippen molar-refractivity contribution in [1.29, 1.82) is 0 Å². The van der Waals surface area contributed by atoms with E-state index < -0.39 is 5.54 Å². The predicted octanol–water partition coefficient (Wildman–Crippen LogP) is 4.96. The summed E-state index contributed by atoms with van der Waals surface area (Å²) in [5.74, 6) is 1.48. The van der Waals surface area contributed by atoms with E-state index >= 15 is 0 Å². The first-order valence-electron chi connectivity index (χ1n) is 12.5. The second kappa shape index (κ2) is 9.57. The van der Waals surface area contributed by atoms with Crippen molar-refractivity contribution in [3.8, 4) is 0 Å². The second-order valence-corrected chi connectivity index (χ2v) is 9.78. The lowest BCUT2D eigenvalue weighted by Gasteiger charge is -2.39. The van der Waals surface area contributed by atoms with Gasteiger partial charge >= 0.3 is 6.03 Å². The number of anilines is 1. The van der Waals surface area contributed by atoms with Gasteiger partial charge in [0.25, 0.3) is 5.91 Å². The minimum atomic E-state index is -0.498. The molecule has 1 saturated heterocycles. The number of benzene rings is 1. The molecule has 1 aromatic carbocycles. The van der Waals surface area contributed by atoms with Crippen molar-refractivity contribution in [2.45, 2.75) is 69.9 Å². The van der Waals surface area contributed by atoms with Crippen molar-refractivity contribution in [3.05, 3.63) is 59.9 Å². The van der Waals surface area contributed by atoms with Gasteiger partial charge in [-0.05, 0) is 48.6 Å².